The highest BCUT2D eigenvalue weighted by molar-refractivity contribution is 7.91. The van der Waals surface area contributed by atoms with Crippen molar-refractivity contribution >= 4 is 22.2 Å². The van der Waals surface area contributed by atoms with Gasteiger partial charge in [0.25, 0.3) is 0 Å². The zero-order valence-electron chi connectivity index (χ0n) is 14.2. The fourth-order valence-corrected chi connectivity index (χ4v) is 6.60. The first-order valence-corrected chi connectivity index (χ1v) is 10.4. The maximum absolute atomic E-state index is 11.8. The fourth-order valence-electron chi connectivity index (χ4n) is 4.48. The Morgan fingerprint density at radius 1 is 1.33 bits per heavy atom. The summed E-state index contributed by atoms with van der Waals surface area (Å²) in [5, 5.41) is 7.97. The third kappa shape index (κ3) is 3.36. The summed E-state index contributed by atoms with van der Waals surface area (Å²) in [7, 11) is -2.91. The maximum Gasteiger partial charge on any atom is 0.152 e. The van der Waals surface area contributed by atoms with E-state index in [1.165, 1.54) is 18.4 Å². The number of sulfone groups is 1. The van der Waals surface area contributed by atoms with Gasteiger partial charge in [-0.25, -0.2) is 8.42 Å². The van der Waals surface area contributed by atoms with Crippen LogP contribution in [0.25, 0.3) is 0 Å². The van der Waals surface area contributed by atoms with Crippen molar-refractivity contribution in [2.75, 3.05) is 37.7 Å². The predicted molar refractivity (Wildman–Crippen MR) is 96.2 cm³/mol. The molecule has 0 amide bonds. The van der Waals surface area contributed by atoms with Gasteiger partial charge in [-0.1, -0.05) is 0 Å². The summed E-state index contributed by atoms with van der Waals surface area (Å²) in [6.07, 6.45) is 7.20. The molecule has 0 aromatic carbocycles. The van der Waals surface area contributed by atoms with E-state index >= 15 is 0 Å². The second-order valence-electron chi connectivity index (χ2n) is 8.02. The van der Waals surface area contributed by atoms with Crippen LogP contribution in [0, 0.1) is 5.41 Å². The average molecular weight is 375 g/mol. The largest absolute Gasteiger partial charge is 0.316 e. The summed E-state index contributed by atoms with van der Waals surface area (Å²) in [5.41, 5.74) is 1.30. The molecule has 1 spiro atoms. The fraction of sp³-hybridized carbons (Fsp3) is 0.812. The van der Waals surface area contributed by atoms with Gasteiger partial charge >= 0.3 is 0 Å². The van der Waals surface area contributed by atoms with Crippen molar-refractivity contribution in [3.8, 4) is 0 Å². The molecule has 2 unspecified atom stereocenters. The molecule has 2 atom stereocenters. The summed E-state index contributed by atoms with van der Waals surface area (Å²) in [6, 6.07) is 0. The zero-order chi connectivity index (χ0) is 16.1. The Morgan fingerprint density at radius 2 is 2.17 bits per heavy atom. The summed E-state index contributed by atoms with van der Waals surface area (Å²) < 4.78 is 25.5. The Balaban J connectivity index is 0.00000169. The van der Waals surface area contributed by atoms with Gasteiger partial charge in [0, 0.05) is 31.4 Å². The first kappa shape index (κ1) is 18.2. The molecule has 1 aromatic rings. The number of hydrogen-bond acceptors (Lipinski definition) is 5. The number of nitrogens with one attached hydrogen (secondary N) is 1. The molecule has 3 aliphatic rings. The molecule has 4 rings (SSSR count). The van der Waals surface area contributed by atoms with Crippen LogP contribution in [0.3, 0.4) is 0 Å². The quantitative estimate of drug-likeness (QED) is 0.855. The lowest BCUT2D eigenvalue weighted by Gasteiger charge is -2.23. The lowest BCUT2D eigenvalue weighted by molar-refractivity contribution is 0.268. The lowest BCUT2D eigenvalue weighted by Crippen LogP contribution is -2.32. The Hall–Kier alpha value is -0.630. The van der Waals surface area contributed by atoms with E-state index in [9.17, 15) is 8.42 Å². The molecule has 4 heterocycles. The molecule has 3 saturated heterocycles. The minimum absolute atomic E-state index is 0. The van der Waals surface area contributed by atoms with Crippen LogP contribution in [0.4, 0.5) is 0 Å². The van der Waals surface area contributed by atoms with E-state index < -0.39 is 9.84 Å². The Bertz CT molecular complexity index is 699. The van der Waals surface area contributed by atoms with E-state index in [1.54, 1.807) is 0 Å². The summed E-state index contributed by atoms with van der Waals surface area (Å²) in [4.78, 5) is 2.52. The smallest absolute Gasteiger partial charge is 0.152 e. The lowest BCUT2D eigenvalue weighted by atomic mass is 9.87. The van der Waals surface area contributed by atoms with E-state index in [4.69, 9.17) is 0 Å². The van der Waals surface area contributed by atoms with Crippen LogP contribution in [-0.4, -0.2) is 60.8 Å². The van der Waals surface area contributed by atoms with Crippen LogP contribution >= 0.6 is 12.4 Å². The van der Waals surface area contributed by atoms with Crippen molar-refractivity contribution in [2.24, 2.45) is 5.41 Å². The average Bonchev–Trinajstić information content (AvgIpc) is 3.23. The number of nitrogens with zero attached hydrogens (tertiary/aromatic N) is 3. The first-order valence-electron chi connectivity index (χ1n) is 8.56. The molecule has 0 aliphatic carbocycles. The number of hydrogen-bond donors (Lipinski definition) is 1. The standard InChI is InChI=1S/C16H26N4O2S.ClH/c1-15(4-7-23(21,22)13-15)20-10-14(8-18-20)9-19-6-3-16(12-19)2-5-17-11-16;/h8,10,17H,2-7,9,11-13H2,1H3;1H. The van der Waals surface area contributed by atoms with Gasteiger partial charge in [0.2, 0.25) is 0 Å². The second-order valence-corrected chi connectivity index (χ2v) is 10.2. The normalized spacial score (nSPS) is 35.5. The molecule has 0 bridgehead atoms. The number of likely N-dealkylation sites (tertiary alicyclic amines) is 1. The Morgan fingerprint density at radius 3 is 2.83 bits per heavy atom. The zero-order valence-corrected chi connectivity index (χ0v) is 15.8. The van der Waals surface area contributed by atoms with Crippen LogP contribution in [0.5, 0.6) is 0 Å². The van der Waals surface area contributed by atoms with Crippen LogP contribution in [-0.2, 0) is 21.9 Å². The highest BCUT2D eigenvalue weighted by atomic mass is 35.5. The van der Waals surface area contributed by atoms with Crippen LogP contribution in [0.2, 0.25) is 0 Å². The van der Waals surface area contributed by atoms with Gasteiger partial charge in [-0.2, -0.15) is 5.10 Å². The molecule has 1 N–H and O–H groups in total. The van der Waals surface area contributed by atoms with Gasteiger partial charge in [-0.15, -0.1) is 12.4 Å². The molecule has 3 aliphatic heterocycles. The van der Waals surface area contributed by atoms with Crippen molar-refractivity contribution in [3.63, 3.8) is 0 Å². The molecule has 0 radical (unpaired) electrons. The number of rotatable bonds is 3. The van der Waals surface area contributed by atoms with E-state index in [-0.39, 0.29) is 29.5 Å². The molecule has 3 fully saturated rings. The van der Waals surface area contributed by atoms with Crippen molar-refractivity contribution in [2.45, 2.75) is 38.3 Å². The minimum atomic E-state index is -2.91. The SMILES string of the molecule is CC1(n2cc(CN3CCC4(CCNC4)C3)cn2)CCS(=O)(=O)C1.Cl. The molecule has 6 nitrogen and oxygen atoms in total. The third-order valence-corrected chi connectivity index (χ3v) is 7.82. The highest BCUT2D eigenvalue weighted by Crippen LogP contribution is 2.36. The molecule has 136 valence electrons. The third-order valence-electron chi connectivity index (χ3n) is 5.93. The highest BCUT2D eigenvalue weighted by Gasteiger charge is 2.42. The Kier molecular flexibility index (Phi) is 4.75. The Labute approximate surface area is 150 Å². The number of aromatic nitrogens is 2. The monoisotopic (exact) mass is 374 g/mol. The molecular formula is C16H27ClN4O2S. The van der Waals surface area contributed by atoms with E-state index in [0.29, 0.717) is 11.8 Å². The molecule has 8 heteroatoms. The van der Waals surface area contributed by atoms with E-state index in [2.05, 4.69) is 21.5 Å². The molecule has 1 aromatic heterocycles. The second kappa shape index (κ2) is 6.27. The van der Waals surface area contributed by atoms with Crippen molar-refractivity contribution < 1.29 is 8.42 Å². The molecular weight excluding hydrogens is 348 g/mol. The van der Waals surface area contributed by atoms with Gasteiger partial charge < -0.3 is 5.32 Å². The summed E-state index contributed by atoms with van der Waals surface area (Å²) >= 11 is 0. The van der Waals surface area contributed by atoms with Gasteiger partial charge in [0.1, 0.15) is 0 Å². The van der Waals surface area contributed by atoms with E-state index in [0.717, 1.165) is 32.7 Å². The molecule has 0 saturated carbocycles. The van der Waals surface area contributed by atoms with Gasteiger partial charge in [-0.05, 0) is 44.7 Å². The predicted octanol–water partition coefficient (Wildman–Crippen LogP) is 1.02. The van der Waals surface area contributed by atoms with Crippen LogP contribution in [0.1, 0.15) is 31.7 Å². The van der Waals surface area contributed by atoms with E-state index in [1.807, 2.05) is 17.8 Å². The minimum Gasteiger partial charge on any atom is -0.316 e. The van der Waals surface area contributed by atoms with Crippen molar-refractivity contribution in [1.29, 1.82) is 0 Å². The van der Waals surface area contributed by atoms with Crippen molar-refractivity contribution in [1.82, 2.24) is 20.0 Å². The van der Waals surface area contributed by atoms with Crippen LogP contribution in [0.15, 0.2) is 12.4 Å². The summed E-state index contributed by atoms with van der Waals surface area (Å²) in [5.74, 6) is 0.486. The van der Waals surface area contributed by atoms with Crippen LogP contribution < -0.4 is 5.32 Å². The van der Waals surface area contributed by atoms with Crippen molar-refractivity contribution in [3.05, 3.63) is 18.0 Å². The topological polar surface area (TPSA) is 67.2 Å². The van der Waals surface area contributed by atoms with Gasteiger partial charge in [0.05, 0.1) is 23.2 Å². The van der Waals surface area contributed by atoms with Gasteiger partial charge in [0.15, 0.2) is 9.84 Å². The number of halogens is 1. The molecule has 24 heavy (non-hydrogen) atoms. The summed E-state index contributed by atoms with van der Waals surface area (Å²) in [6.45, 7) is 7.54. The first-order chi connectivity index (χ1) is 10.9. The maximum atomic E-state index is 11.8. The van der Waals surface area contributed by atoms with Gasteiger partial charge in [-0.3, -0.25) is 9.58 Å².